The number of halogens is 1. The summed E-state index contributed by atoms with van der Waals surface area (Å²) >= 11 is 2.29. The van der Waals surface area contributed by atoms with E-state index < -0.39 is 6.10 Å². The van der Waals surface area contributed by atoms with Gasteiger partial charge < -0.3 is 5.11 Å². The zero-order valence-electron chi connectivity index (χ0n) is 11.0. The van der Waals surface area contributed by atoms with Crippen LogP contribution in [0.5, 0.6) is 0 Å². The minimum Gasteiger partial charge on any atom is -0.384 e. The minimum absolute atomic E-state index is 0.652. The van der Waals surface area contributed by atoms with Crippen LogP contribution in [0.2, 0.25) is 0 Å². The Morgan fingerprint density at radius 1 is 1.00 bits per heavy atom. The van der Waals surface area contributed by atoms with Crippen LogP contribution in [-0.4, -0.2) is 10.1 Å². The maximum absolute atomic E-state index is 10.8. The second-order valence-electron chi connectivity index (χ2n) is 4.80. The molecule has 1 atom stereocenters. The van der Waals surface area contributed by atoms with E-state index in [0.29, 0.717) is 0 Å². The summed E-state index contributed by atoms with van der Waals surface area (Å²) in [6, 6.07) is 15.9. The Kier molecular flexibility index (Phi) is 3.72. The predicted octanol–water partition coefficient (Wildman–Crippen LogP) is 4.23. The highest BCUT2D eigenvalue weighted by Crippen LogP contribution is 2.31. The van der Waals surface area contributed by atoms with Crippen molar-refractivity contribution in [3.63, 3.8) is 0 Å². The third-order valence-electron chi connectivity index (χ3n) is 3.47. The quantitative estimate of drug-likeness (QED) is 0.680. The number of rotatable bonds is 2. The van der Waals surface area contributed by atoms with E-state index in [4.69, 9.17) is 0 Å². The molecule has 0 aliphatic heterocycles. The Morgan fingerprint density at radius 3 is 2.55 bits per heavy atom. The molecule has 0 amide bonds. The number of fused-ring (bicyclic) bond motifs is 1. The Hall–Kier alpha value is -1.46. The lowest BCUT2D eigenvalue weighted by Crippen LogP contribution is -2.04. The minimum atomic E-state index is -0.652. The summed E-state index contributed by atoms with van der Waals surface area (Å²) in [5.41, 5.74) is 3.82. The van der Waals surface area contributed by atoms with Crippen molar-refractivity contribution in [3.05, 3.63) is 75.0 Å². The Morgan fingerprint density at radius 2 is 1.70 bits per heavy atom. The molecule has 2 aromatic carbocycles. The molecule has 0 aliphatic rings. The van der Waals surface area contributed by atoms with Crippen LogP contribution in [-0.2, 0) is 0 Å². The van der Waals surface area contributed by atoms with Crippen LogP contribution in [0.1, 0.15) is 22.8 Å². The van der Waals surface area contributed by atoms with Crippen molar-refractivity contribution >= 4 is 33.5 Å². The van der Waals surface area contributed by atoms with Gasteiger partial charge in [-0.05, 0) is 46.7 Å². The number of pyridine rings is 1. The van der Waals surface area contributed by atoms with Crippen molar-refractivity contribution in [2.45, 2.75) is 13.0 Å². The number of aromatic nitrogens is 1. The number of aliphatic hydroxyl groups excluding tert-OH is 1. The van der Waals surface area contributed by atoms with Crippen LogP contribution in [0, 0.1) is 10.5 Å². The summed E-state index contributed by atoms with van der Waals surface area (Å²) in [7, 11) is 0. The number of para-hydroxylation sites is 1. The van der Waals surface area contributed by atoms with Crippen molar-refractivity contribution < 1.29 is 5.11 Å². The Bertz CT molecular complexity index is 765. The molecule has 20 heavy (non-hydrogen) atoms. The number of aliphatic hydroxyl groups is 1. The molecule has 3 rings (SSSR count). The maximum Gasteiger partial charge on any atom is 0.107 e. The summed E-state index contributed by atoms with van der Waals surface area (Å²) in [6.07, 6.45) is 1.11. The molecule has 0 saturated carbocycles. The molecule has 0 bridgehead atoms. The first-order valence-corrected chi connectivity index (χ1v) is 7.53. The zero-order chi connectivity index (χ0) is 14.1. The number of nitrogens with zero attached hydrogens (tertiary/aromatic N) is 1. The second-order valence-corrected chi connectivity index (χ2v) is 5.88. The van der Waals surface area contributed by atoms with Gasteiger partial charge in [0.15, 0.2) is 0 Å². The summed E-state index contributed by atoms with van der Waals surface area (Å²) in [4.78, 5) is 4.42. The molecule has 1 N–H and O–H groups in total. The lowest BCUT2D eigenvalue weighted by Gasteiger charge is -2.16. The molecule has 3 heteroatoms. The molecule has 1 aromatic heterocycles. The van der Waals surface area contributed by atoms with E-state index in [0.717, 1.165) is 25.6 Å². The van der Waals surface area contributed by atoms with Crippen LogP contribution < -0.4 is 0 Å². The number of hydrogen-bond donors (Lipinski definition) is 1. The number of aryl methyl sites for hydroxylation is 1. The Labute approximate surface area is 131 Å². The number of benzene rings is 2. The van der Waals surface area contributed by atoms with E-state index in [-0.39, 0.29) is 0 Å². The monoisotopic (exact) mass is 375 g/mol. The zero-order valence-corrected chi connectivity index (χ0v) is 13.2. The number of hydrogen-bond acceptors (Lipinski definition) is 2. The largest absolute Gasteiger partial charge is 0.384 e. The van der Waals surface area contributed by atoms with Gasteiger partial charge in [-0.25, -0.2) is 0 Å². The molecule has 100 valence electrons. The smallest absolute Gasteiger partial charge is 0.107 e. The van der Waals surface area contributed by atoms with Crippen LogP contribution in [0.3, 0.4) is 0 Å². The topological polar surface area (TPSA) is 33.1 Å². The van der Waals surface area contributed by atoms with Gasteiger partial charge in [0.05, 0.1) is 5.52 Å². The summed E-state index contributed by atoms with van der Waals surface area (Å²) in [5, 5.41) is 11.8. The maximum atomic E-state index is 10.8. The first-order valence-electron chi connectivity index (χ1n) is 6.45. The van der Waals surface area contributed by atoms with Crippen molar-refractivity contribution in [1.29, 1.82) is 0 Å². The van der Waals surface area contributed by atoms with Gasteiger partial charge in [0.2, 0.25) is 0 Å². The van der Waals surface area contributed by atoms with Gasteiger partial charge in [-0.1, -0.05) is 42.5 Å². The van der Waals surface area contributed by atoms with Crippen molar-refractivity contribution in [2.75, 3.05) is 0 Å². The Balaban J connectivity index is 2.18. The second kappa shape index (κ2) is 5.50. The molecule has 1 unspecified atom stereocenters. The lowest BCUT2D eigenvalue weighted by atomic mass is 9.98. The summed E-state index contributed by atoms with van der Waals surface area (Å²) < 4.78 is 1.10. The molecule has 1 heterocycles. The van der Waals surface area contributed by atoms with Crippen molar-refractivity contribution in [2.24, 2.45) is 0 Å². The predicted molar refractivity (Wildman–Crippen MR) is 89.7 cm³/mol. The molecule has 0 saturated heterocycles. The third-order valence-corrected chi connectivity index (χ3v) is 4.95. The van der Waals surface area contributed by atoms with Gasteiger partial charge in [-0.3, -0.25) is 4.98 Å². The fraction of sp³-hybridized carbons (Fsp3) is 0.118. The van der Waals surface area contributed by atoms with E-state index in [1.54, 1.807) is 6.20 Å². The van der Waals surface area contributed by atoms with Crippen LogP contribution in [0.4, 0.5) is 0 Å². The summed E-state index contributed by atoms with van der Waals surface area (Å²) in [5.74, 6) is 0. The van der Waals surface area contributed by atoms with E-state index in [9.17, 15) is 5.11 Å². The fourth-order valence-corrected chi connectivity index (χ4v) is 3.05. The average molecular weight is 375 g/mol. The highest BCUT2D eigenvalue weighted by atomic mass is 127. The molecule has 3 aromatic rings. The molecule has 0 radical (unpaired) electrons. The van der Waals surface area contributed by atoms with Gasteiger partial charge in [0.1, 0.15) is 6.10 Å². The average Bonchev–Trinajstić information content (AvgIpc) is 2.49. The molecular formula is C17H14INO. The van der Waals surface area contributed by atoms with E-state index in [1.165, 1.54) is 5.56 Å². The highest BCUT2D eigenvalue weighted by molar-refractivity contribution is 14.1. The van der Waals surface area contributed by atoms with Crippen LogP contribution in [0.25, 0.3) is 10.9 Å². The molecule has 0 spiro atoms. The van der Waals surface area contributed by atoms with Crippen LogP contribution >= 0.6 is 22.6 Å². The summed E-state index contributed by atoms with van der Waals surface area (Å²) in [6.45, 7) is 2.05. The van der Waals surface area contributed by atoms with Gasteiger partial charge in [0, 0.05) is 20.7 Å². The normalized spacial score (nSPS) is 12.6. The highest BCUT2D eigenvalue weighted by Gasteiger charge is 2.17. The lowest BCUT2D eigenvalue weighted by molar-refractivity contribution is 0.220. The third kappa shape index (κ3) is 2.31. The van der Waals surface area contributed by atoms with E-state index in [2.05, 4.69) is 40.6 Å². The first kappa shape index (κ1) is 13.5. The van der Waals surface area contributed by atoms with Crippen molar-refractivity contribution in [1.82, 2.24) is 4.98 Å². The first-order chi connectivity index (χ1) is 9.68. The standard InChI is InChI=1S/C17H14INO/c1-11-5-2-8-13(15(11)18)17(20)14-9-3-6-12-7-4-10-19-16(12)14/h2-10,17,20H,1H3. The van der Waals surface area contributed by atoms with Crippen LogP contribution in [0.15, 0.2) is 54.7 Å². The van der Waals surface area contributed by atoms with E-state index >= 15 is 0 Å². The molecular weight excluding hydrogens is 361 g/mol. The van der Waals surface area contributed by atoms with Gasteiger partial charge in [-0.2, -0.15) is 0 Å². The van der Waals surface area contributed by atoms with Crippen molar-refractivity contribution in [3.8, 4) is 0 Å². The SMILES string of the molecule is Cc1cccc(C(O)c2cccc3cccnc23)c1I. The van der Waals surface area contributed by atoms with E-state index in [1.807, 2.05) is 42.5 Å². The van der Waals surface area contributed by atoms with Gasteiger partial charge in [0.25, 0.3) is 0 Å². The fourth-order valence-electron chi connectivity index (χ4n) is 2.40. The molecule has 0 fully saturated rings. The molecule has 0 aliphatic carbocycles. The molecule has 2 nitrogen and oxygen atoms in total. The van der Waals surface area contributed by atoms with Gasteiger partial charge >= 0.3 is 0 Å². The van der Waals surface area contributed by atoms with Gasteiger partial charge in [-0.15, -0.1) is 0 Å².